The lowest BCUT2D eigenvalue weighted by molar-refractivity contribution is -0.274. The van der Waals surface area contributed by atoms with Crippen LogP contribution >= 0.6 is 0 Å². The molecular weight excluding hydrogens is 467 g/mol. The van der Waals surface area contributed by atoms with E-state index in [9.17, 15) is 31.2 Å². The van der Waals surface area contributed by atoms with Crippen LogP contribution in [-0.4, -0.2) is 50.5 Å². The average Bonchev–Trinajstić information content (AvgIpc) is 3.29. The highest BCUT2D eigenvalue weighted by Gasteiger charge is 2.34. The molecule has 1 saturated heterocycles. The van der Waals surface area contributed by atoms with Crippen LogP contribution in [-0.2, 0) is 26.2 Å². The molecule has 2 heterocycles. The minimum absolute atomic E-state index is 0.00939. The summed E-state index contributed by atoms with van der Waals surface area (Å²) < 4.78 is 72.8. The van der Waals surface area contributed by atoms with Crippen LogP contribution < -0.4 is 15.4 Å². The van der Waals surface area contributed by atoms with Gasteiger partial charge in [-0.1, -0.05) is 6.07 Å². The molecular formula is C20H22F3N3O6S. The van der Waals surface area contributed by atoms with E-state index in [1.54, 1.807) is 12.1 Å². The maximum absolute atomic E-state index is 12.8. The Balaban J connectivity index is 1.49. The van der Waals surface area contributed by atoms with Crippen molar-refractivity contribution in [3.8, 4) is 5.75 Å². The Morgan fingerprint density at radius 2 is 1.85 bits per heavy atom. The van der Waals surface area contributed by atoms with Gasteiger partial charge in [0.15, 0.2) is 0 Å². The zero-order valence-electron chi connectivity index (χ0n) is 17.3. The van der Waals surface area contributed by atoms with Crippen molar-refractivity contribution in [2.24, 2.45) is 5.92 Å². The zero-order valence-corrected chi connectivity index (χ0v) is 18.1. The Morgan fingerprint density at radius 3 is 2.48 bits per heavy atom. The number of ether oxygens (including phenoxy) is 1. The summed E-state index contributed by atoms with van der Waals surface area (Å²) >= 11 is 0. The fraction of sp³-hybridized carbons (Fsp3) is 0.400. The first-order chi connectivity index (χ1) is 15.5. The molecule has 3 rings (SSSR count). The number of rotatable bonds is 8. The van der Waals surface area contributed by atoms with Crippen LogP contribution in [0.15, 0.2) is 52.0 Å². The predicted octanol–water partition coefficient (Wildman–Crippen LogP) is 2.01. The van der Waals surface area contributed by atoms with Crippen LogP contribution in [0.25, 0.3) is 0 Å². The van der Waals surface area contributed by atoms with Crippen molar-refractivity contribution in [1.82, 2.24) is 14.9 Å². The van der Waals surface area contributed by atoms with Gasteiger partial charge in [0.25, 0.3) is 0 Å². The second-order valence-electron chi connectivity index (χ2n) is 7.27. The molecule has 2 amide bonds. The number of sulfonamides is 1. The molecule has 1 aromatic carbocycles. The normalized spacial score (nSPS) is 15.7. The maximum Gasteiger partial charge on any atom is 0.573 e. The molecule has 0 aliphatic carbocycles. The molecule has 1 fully saturated rings. The number of carbonyl (C=O) groups excluding carboxylic acids is 2. The number of carbonyl (C=O) groups is 2. The Labute approximate surface area is 187 Å². The van der Waals surface area contributed by atoms with Crippen LogP contribution in [0, 0.1) is 5.92 Å². The molecule has 0 unspecified atom stereocenters. The van der Waals surface area contributed by atoms with Crippen molar-refractivity contribution in [3.63, 3.8) is 0 Å². The van der Waals surface area contributed by atoms with E-state index in [4.69, 9.17) is 4.42 Å². The lowest BCUT2D eigenvalue weighted by Crippen LogP contribution is -2.45. The number of hydrogen-bond donors (Lipinski definition) is 2. The minimum atomic E-state index is -4.94. The molecule has 0 radical (unpaired) electrons. The second kappa shape index (κ2) is 10.3. The van der Waals surface area contributed by atoms with Crippen LogP contribution in [0.3, 0.4) is 0 Å². The smallest absolute Gasteiger partial charge is 0.467 e. The van der Waals surface area contributed by atoms with Gasteiger partial charge in [0.1, 0.15) is 11.5 Å². The Morgan fingerprint density at radius 1 is 1.12 bits per heavy atom. The number of nitrogens with one attached hydrogen (secondary N) is 2. The number of benzene rings is 1. The number of halogens is 3. The van der Waals surface area contributed by atoms with Gasteiger partial charge in [-0.25, -0.2) is 8.42 Å². The highest BCUT2D eigenvalue weighted by molar-refractivity contribution is 7.89. The fourth-order valence-electron chi connectivity index (χ4n) is 3.31. The zero-order chi connectivity index (χ0) is 24.1. The average molecular weight is 489 g/mol. The number of alkyl halides is 3. The number of piperidine rings is 1. The SMILES string of the molecule is O=C(CNC(=O)C1CCN(S(=O)(=O)c2cccc(OC(F)(F)F)c2)CC1)NCc1ccco1. The van der Waals surface area contributed by atoms with Crippen LogP contribution in [0.5, 0.6) is 5.75 Å². The van der Waals surface area contributed by atoms with E-state index in [1.807, 2.05) is 0 Å². The molecule has 1 aromatic heterocycles. The van der Waals surface area contributed by atoms with Gasteiger partial charge in [-0.2, -0.15) is 4.31 Å². The largest absolute Gasteiger partial charge is 0.573 e. The Kier molecular flexibility index (Phi) is 7.64. The molecule has 9 nitrogen and oxygen atoms in total. The quantitative estimate of drug-likeness (QED) is 0.586. The van der Waals surface area contributed by atoms with Crippen molar-refractivity contribution in [3.05, 3.63) is 48.4 Å². The summed E-state index contributed by atoms with van der Waals surface area (Å²) in [4.78, 5) is 23.9. The van der Waals surface area contributed by atoms with Gasteiger partial charge in [0.2, 0.25) is 21.8 Å². The third-order valence-electron chi connectivity index (χ3n) is 4.96. The molecule has 33 heavy (non-hydrogen) atoms. The molecule has 0 spiro atoms. The summed E-state index contributed by atoms with van der Waals surface area (Å²) in [7, 11) is -4.06. The molecule has 180 valence electrons. The number of nitrogens with zero attached hydrogens (tertiary/aromatic N) is 1. The minimum Gasteiger partial charge on any atom is -0.467 e. The predicted molar refractivity (Wildman–Crippen MR) is 108 cm³/mol. The number of amides is 2. The molecule has 0 atom stereocenters. The summed E-state index contributed by atoms with van der Waals surface area (Å²) in [5.74, 6) is -1.34. The molecule has 13 heteroatoms. The van der Waals surface area contributed by atoms with E-state index in [-0.39, 0.29) is 49.8 Å². The molecule has 0 saturated carbocycles. The first-order valence-electron chi connectivity index (χ1n) is 9.97. The third kappa shape index (κ3) is 6.96. The van der Waals surface area contributed by atoms with Crippen molar-refractivity contribution in [2.75, 3.05) is 19.6 Å². The van der Waals surface area contributed by atoms with E-state index < -0.39 is 34.0 Å². The van der Waals surface area contributed by atoms with Crippen molar-refractivity contribution in [2.45, 2.75) is 30.6 Å². The first kappa shape index (κ1) is 24.6. The van der Waals surface area contributed by atoms with E-state index in [1.165, 1.54) is 12.3 Å². The van der Waals surface area contributed by atoms with Crippen LogP contribution in [0.2, 0.25) is 0 Å². The molecule has 1 aliphatic rings. The summed E-state index contributed by atoms with van der Waals surface area (Å²) in [5.41, 5.74) is 0. The fourth-order valence-corrected chi connectivity index (χ4v) is 4.82. The van der Waals surface area contributed by atoms with Gasteiger partial charge in [-0.15, -0.1) is 13.2 Å². The van der Waals surface area contributed by atoms with Crippen molar-refractivity contribution < 1.29 is 40.3 Å². The molecule has 2 N–H and O–H groups in total. The number of furan rings is 1. The Hall–Kier alpha value is -3.06. The van der Waals surface area contributed by atoms with Gasteiger partial charge in [0.05, 0.1) is 24.2 Å². The van der Waals surface area contributed by atoms with Crippen molar-refractivity contribution in [1.29, 1.82) is 0 Å². The maximum atomic E-state index is 12.8. The highest BCUT2D eigenvalue weighted by atomic mass is 32.2. The summed E-state index contributed by atoms with van der Waals surface area (Å²) in [6, 6.07) is 7.53. The highest BCUT2D eigenvalue weighted by Crippen LogP contribution is 2.28. The van der Waals surface area contributed by atoms with Gasteiger partial charge in [-0.3, -0.25) is 9.59 Å². The topological polar surface area (TPSA) is 118 Å². The third-order valence-corrected chi connectivity index (χ3v) is 6.86. The number of hydrogen-bond acceptors (Lipinski definition) is 6. The monoisotopic (exact) mass is 489 g/mol. The van der Waals surface area contributed by atoms with Gasteiger partial charge in [0, 0.05) is 25.1 Å². The summed E-state index contributed by atoms with van der Waals surface area (Å²) in [5, 5.41) is 5.12. The lowest BCUT2D eigenvalue weighted by atomic mass is 9.97. The van der Waals surface area contributed by atoms with Gasteiger partial charge >= 0.3 is 6.36 Å². The van der Waals surface area contributed by atoms with E-state index in [0.717, 1.165) is 22.5 Å². The standard InChI is InChI=1S/C20H22F3N3O6S/c21-20(22,23)32-15-3-1-5-17(11-15)33(29,30)26-8-6-14(7-9-26)19(28)25-13-18(27)24-12-16-4-2-10-31-16/h1-5,10-11,14H,6-9,12-13H2,(H,24,27)(H,25,28). The lowest BCUT2D eigenvalue weighted by Gasteiger charge is -2.30. The van der Waals surface area contributed by atoms with E-state index >= 15 is 0 Å². The van der Waals surface area contributed by atoms with Gasteiger partial charge in [-0.05, 0) is 37.1 Å². The van der Waals surface area contributed by atoms with Crippen LogP contribution in [0.1, 0.15) is 18.6 Å². The first-order valence-corrected chi connectivity index (χ1v) is 11.4. The van der Waals surface area contributed by atoms with E-state index in [0.29, 0.717) is 5.76 Å². The van der Waals surface area contributed by atoms with E-state index in [2.05, 4.69) is 15.4 Å². The van der Waals surface area contributed by atoms with Crippen LogP contribution in [0.4, 0.5) is 13.2 Å². The molecule has 1 aliphatic heterocycles. The van der Waals surface area contributed by atoms with Gasteiger partial charge < -0.3 is 19.8 Å². The molecule has 2 aromatic rings. The second-order valence-corrected chi connectivity index (χ2v) is 9.21. The summed E-state index contributed by atoms with van der Waals surface area (Å²) in [6.45, 7) is -0.0256. The Bertz CT molecular complexity index is 1060. The van der Waals surface area contributed by atoms with Crippen molar-refractivity contribution >= 4 is 21.8 Å². The summed E-state index contributed by atoms with van der Waals surface area (Å²) in [6.07, 6.45) is -3.05. The molecule has 0 bridgehead atoms.